The van der Waals surface area contributed by atoms with E-state index in [4.69, 9.17) is 16.3 Å². The summed E-state index contributed by atoms with van der Waals surface area (Å²) in [6.45, 7) is 4.47. The number of aromatic nitrogens is 2. The van der Waals surface area contributed by atoms with E-state index in [0.717, 1.165) is 17.3 Å². The third-order valence-electron chi connectivity index (χ3n) is 7.33. The maximum atomic E-state index is 16.4. The van der Waals surface area contributed by atoms with Gasteiger partial charge in [0.25, 0.3) is 5.92 Å². The lowest BCUT2D eigenvalue weighted by atomic mass is 9.96. The van der Waals surface area contributed by atoms with Crippen molar-refractivity contribution in [3.05, 3.63) is 59.4 Å². The van der Waals surface area contributed by atoms with Crippen LogP contribution in [0.25, 0.3) is 32.8 Å². The summed E-state index contributed by atoms with van der Waals surface area (Å²) in [5, 5.41) is 6.08. The Bertz CT molecular complexity index is 1520. The molecule has 3 heterocycles. The third-order valence-corrected chi connectivity index (χ3v) is 7.63. The Kier molecular flexibility index (Phi) is 6.99. The quantitative estimate of drug-likeness (QED) is 0.293. The molecule has 0 aliphatic carbocycles. The van der Waals surface area contributed by atoms with E-state index >= 15 is 4.39 Å². The van der Waals surface area contributed by atoms with Crippen molar-refractivity contribution in [2.24, 2.45) is 0 Å². The average Bonchev–Trinajstić information content (AvgIpc) is 2.90. The molecule has 10 heteroatoms. The minimum absolute atomic E-state index is 0.0581. The van der Waals surface area contributed by atoms with Gasteiger partial charge in [-0.05, 0) is 35.7 Å². The molecule has 1 aromatic heterocycles. The van der Waals surface area contributed by atoms with Crippen LogP contribution in [-0.4, -0.2) is 72.7 Å². The zero-order valence-electron chi connectivity index (χ0n) is 21.6. The van der Waals surface area contributed by atoms with Crippen molar-refractivity contribution >= 4 is 39.1 Å². The first-order chi connectivity index (χ1) is 18.8. The lowest BCUT2D eigenvalue weighted by molar-refractivity contribution is -0.130. The number of fused-ring (bicyclic) bond motifs is 2. The minimum Gasteiger partial charge on any atom is -0.463 e. The van der Waals surface area contributed by atoms with Gasteiger partial charge in [-0.25, -0.2) is 13.2 Å². The Labute approximate surface area is 229 Å². The molecule has 4 aromatic rings. The molecule has 2 saturated heterocycles. The van der Waals surface area contributed by atoms with Crippen molar-refractivity contribution in [2.45, 2.75) is 25.3 Å². The molecular formula is C29H29ClF3N5O. The summed E-state index contributed by atoms with van der Waals surface area (Å²) < 4.78 is 48.5. The van der Waals surface area contributed by atoms with Gasteiger partial charge in [0.2, 0.25) is 0 Å². The fourth-order valence-electron chi connectivity index (χ4n) is 5.50. The molecule has 0 radical (unpaired) electrons. The SMILES string of the molecule is CC1CN(c2nc(OCCCN3CC(F)(F)C3)nc3c(F)c(-c4cccc5ccccc45)c(Cl)cc23)CCN1. The number of likely N-dealkylation sites (tertiary alicyclic amines) is 1. The smallest absolute Gasteiger partial charge is 0.319 e. The molecule has 0 saturated carbocycles. The second kappa shape index (κ2) is 10.4. The highest BCUT2D eigenvalue weighted by molar-refractivity contribution is 6.35. The lowest BCUT2D eigenvalue weighted by Crippen LogP contribution is -2.56. The Balaban J connectivity index is 1.39. The molecule has 2 fully saturated rings. The fraction of sp³-hybridized carbons (Fsp3) is 0.379. The number of benzene rings is 3. The first-order valence-corrected chi connectivity index (χ1v) is 13.6. The van der Waals surface area contributed by atoms with Gasteiger partial charge in [0.15, 0.2) is 5.82 Å². The summed E-state index contributed by atoms with van der Waals surface area (Å²) >= 11 is 6.78. The number of anilines is 1. The number of hydrogen-bond acceptors (Lipinski definition) is 6. The van der Waals surface area contributed by atoms with Crippen LogP contribution in [0.3, 0.4) is 0 Å². The molecule has 0 amide bonds. The van der Waals surface area contributed by atoms with Crippen LogP contribution in [0.15, 0.2) is 48.5 Å². The van der Waals surface area contributed by atoms with Crippen molar-refractivity contribution in [1.29, 1.82) is 0 Å². The van der Waals surface area contributed by atoms with E-state index in [2.05, 4.69) is 27.1 Å². The highest BCUT2D eigenvalue weighted by Crippen LogP contribution is 2.41. The molecule has 3 aromatic carbocycles. The van der Waals surface area contributed by atoms with Gasteiger partial charge in [-0.3, -0.25) is 4.90 Å². The van der Waals surface area contributed by atoms with Crippen molar-refractivity contribution in [1.82, 2.24) is 20.2 Å². The van der Waals surface area contributed by atoms with Crippen LogP contribution < -0.4 is 15.0 Å². The van der Waals surface area contributed by atoms with Crippen LogP contribution in [-0.2, 0) is 0 Å². The number of ether oxygens (including phenoxy) is 1. The summed E-state index contributed by atoms with van der Waals surface area (Å²) in [6, 6.07) is 15.5. The number of rotatable bonds is 7. The Morgan fingerprint density at radius 3 is 2.69 bits per heavy atom. The fourth-order valence-corrected chi connectivity index (χ4v) is 5.79. The molecule has 204 valence electrons. The summed E-state index contributed by atoms with van der Waals surface area (Å²) in [4.78, 5) is 12.9. The molecule has 1 atom stereocenters. The standard InChI is InChI=1S/C29H29ClF3N5O/c1-18-15-38(12-10-34-18)27-22-14-23(30)24(21-9-4-7-19-6-2-3-8-20(19)21)25(31)26(22)35-28(36-27)39-13-5-11-37-16-29(32,33)17-37/h2-4,6-9,14,18,34H,5,10-13,15-17H2,1H3. The molecular weight excluding hydrogens is 527 g/mol. The predicted octanol–water partition coefficient (Wildman–Crippen LogP) is 5.76. The van der Waals surface area contributed by atoms with Gasteiger partial charge in [-0.1, -0.05) is 54.1 Å². The van der Waals surface area contributed by atoms with Gasteiger partial charge >= 0.3 is 6.01 Å². The van der Waals surface area contributed by atoms with Gasteiger partial charge in [-0.2, -0.15) is 9.97 Å². The number of halogens is 4. The van der Waals surface area contributed by atoms with Crippen LogP contribution in [0.1, 0.15) is 13.3 Å². The summed E-state index contributed by atoms with van der Waals surface area (Å²) in [6.07, 6.45) is 0.530. The van der Waals surface area contributed by atoms with Crippen molar-refractivity contribution in [2.75, 3.05) is 50.8 Å². The van der Waals surface area contributed by atoms with E-state index in [1.807, 2.05) is 42.5 Å². The molecule has 0 bridgehead atoms. The molecule has 2 aliphatic rings. The second-order valence-corrected chi connectivity index (χ2v) is 10.8. The van der Waals surface area contributed by atoms with E-state index in [1.54, 1.807) is 11.0 Å². The average molecular weight is 556 g/mol. The Hall–Kier alpha value is -3.14. The van der Waals surface area contributed by atoms with Crippen LogP contribution in [0, 0.1) is 5.82 Å². The van der Waals surface area contributed by atoms with Crippen LogP contribution in [0.2, 0.25) is 5.02 Å². The predicted molar refractivity (Wildman–Crippen MR) is 149 cm³/mol. The first-order valence-electron chi connectivity index (χ1n) is 13.2. The van der Waals surface area contributed by atoms with Gasteiger partial charge in [0.1, 0.15) is 11.3 Å². The molecule has 6 rings (SSSR count). The molecule has 39 heavy (non-hydrogen) atoms. The molecule has 2 aliphatic heterocycles. The number of hydrogen-bond donors (Lipinski definition) is 1. The van der Waals surface area contributed by atoms with Crippen molar-refractivity contribution in [3.8, 4) is 17.1 Å². The monoisotopic (exact) mass is 555 g/mol. The first kappa shape index (κ1) is 26.1. The van der Waals surface area contributed by atoms with E-state index in [-0.39, 0.29) is 47.9 Å². The number of nitrogens with zero attached hydrogens (tertiary/aromatic N) is 4. The van der Waals surface area contributed by atoms with Crippen LogP contribution in [0.5, 0.6) is 6.01 Å². The minimum atomic E-state index is -2.60. The Morgan fingerprint density at radius 1 is 1.10 bits per heavy atom. The molecule has 1 unspecified atom stereocenters. The summed E-state index contributed by atoms with van der Waals surface area (Å²) in [5.74, 6) is -2.57. The zero-order valence-corrected chi connectivity index (χ0v) is 22.3. The summed E-state index contributed by atoms with van der Waals surface area (Å²) in [7, 11) is 0. The largest absolute Gasteiger partial charge is 0.463 e. The van der Waals surface area contributed by atoms with Crippen molar-refractivity contribution < 1.29 is 17.9 Å². The molecule has 1 N–H and O–H groups in total. The van der Waals surface area contributed by atoms with Crippen LogP contribution >= 0.6 is 11.6 Å². The van der Waals surface area contributed by atoms with E-state index in [9.17, 15) is 8.78 Å². The maximum absolute atomic E-state index is 16.4. The number of alkyl halides is 2. The normalized spacial score (nSPS) is 19.4. The van der Waals surface area contributed by atoms with E-state index in [0.29, 0.717) is 42.8 Å². The van der Waals surface area contributed by atoms with Gasteiger partial charge in [0.05, 0.1) is 24.7 Å². The van der Waals surface area contributed by atoms with Gasteiger partial charge in [0, 0.05) is 43.2 Å². The maximum Gasteiger partial charge on any atom is 0.319 e. The lowest BCUT2D eigenvalue weighted by Gasteiger charge is -2.38. The summed E-state index contributed by atoms with van der Waals surface area (Å²) in [5.41, 5.74) is 1.10. The highest BCUT2D eigenvalue weighted by Gasteiger charge is 2.43. The highest BCUT2D eigenvalue weighted by atomic mass is 35.5. The Morgan fingerprint density at radius 2 is 1.90 bits per heavy atom. The number of nitrogens with one attached hydrogen (secondary N) is 1. The van der Waals surface area contributed by atoms with E-state index in [1.165, 1.54) is 0 Å². The van der Waals surface area contributed by atoms with Gasteiger partial charge in [-0.15, -0.1) is 0 Å². The van der Waals surface area contributed by atoms with E-state index < -0.39 is 11.7 Å². The third kappa shape index (κ3) is 5.23. The topological polar surface area (TPSA) is 53.5 Å². The molecule has 0 spiro atoms. The van der Waals surface area contributed by atoms with Crippen molar-refractivity contribution in [3.63, 3.8) is 0 Å². The molecule has 6 nitrogen and oxygen atoms in total. The zero-order chi connectivity index (χ0) is 27.1. The van der Waals surface area contributed by atoms with Gasteiger partial charge < -0.3 is 15.0 Å². The van der Waals surface area contributed by atoms with Crippen LogP contribution in [0.4, 0.5) is 19.0 Å². The number of piperazine rings is 1. The second-order valence-electron chi connectivity index (χ2n) is 10.4.